The van der Waals surface area contributed by atoms with Gasteiger partial charge in [-0.15, -0.1) is 5.10 Å². The monoisotopic (exact) mass is 395 g/mol. The zero-order valence-corrected chi connectivity index (χ0v) is 16.4. The molecule has 4 rings (SSSR count). The number of hydrogen-bond acceptors (Lipinski definition) is 5. The van der Waals surface area contributed by atoms with E-state index in [1.165, 1.54) is 30.6 Å². The van der Waals surface area contributed by atoms with Gasteiger partial charge in [-0.05, 0) is 29.5 Å². The van der Waals surface area contributed by atoms with Crippen molar-refractivity contribution in [3.63, 3.8) is 0 Å². The number of amidine groups is 1. The zero-order chi connectivity index (χ0) is 19.0. The molecule has 0 saturated heterocycles. The lowest BCUT2D eigenvalue weighted by atomic mass is 10.0. The third-order valence-electron chi connectivity index (χ3n) is 4.22. The topological polar surface area (TPSA) is 61.8 Å². The first-order valence-electron chi connectivity index (χ1n) is 8.41. The molecule has 2 aromatic rings. The number of carbonyl (C=O) groups is 2. The summed E-state index contributed by atoms with van der Waals surface area (Å²) in [4.78, 5) is 25.3. The summed E-state index contributed by atoms with van der Waals surface area (Å²) in [6.07, 6.45) is 2.07. The van der Waals surface area contributed by atoms with Crippen LogP contribution in [0.15, 0.2) is 70.7 Å². The molecular weight excluding hydrogens is 378 g/mol. The van der Waals surface area contributed by atoms with Gasteiger partial charge in [-0.25, -0.2) is 5.01 Å². The SMILES string of the molecule is CC(=O)NC1=NN(C(C)=O)C2(C=C(c3ccccc3)Sc3ccccc32)S1. The predicted octanol–water partition coefficient (Wildman–Crippen LogP) is 3.99. The summed E-state index contributed by atoms with van der Waals surface area (Å²) >= 11 is 3.04. The van der Waals surface area contributed by atoms with Gasteiger partial charge in [0.25, 0.3) is 0 Å². The van der Waals surface area contributed by atoms with Gasteiger partial charge in [0.2, 0.25) is 11.8 Å². The maximum Gasteiger partial charge on any atom is 0.241 e. The summed E-state index contributed by atoms with van der Waals surface area (Å²) in [7, 11) is 0. The first-order valence-corrected chi connectivity index (χ1v) is 10.0. The molecule has 27 heavy (non-hydrogen) atoms. The molecule has 5 nitrogen and oxygen atoms in total. The highest BCUT2D eigenvalue weighted by molar-refractivity contribution is 8.15. The van der Waals surface area contributed by atoms with E-state index in [-0.39, 0.29) is 11.8 Å². The van der Waals surface area contributed by atoms with Crippen molar-refractivity contribution in [1.29, 1.82) is 0 Å². The van der Waals surface area contributed by atoms with Crippen molar-refractivity contribution in [2.45, 2.75) is 23.6 Å². The fourth-order valence-corrected chi connectivity index (χ4v) is 5.81. The van der Waals surface area contributed by atoms with Crippen molar-refractivity contribution < 1.29 is 9.59 Å². The quantitative estimate of drug-likeness (QED) is 0.793. The van der Waals surface area contributed by atoms with E-state index in [0.29, 0.717) is 5.17 Å². The van der Waals surface area contributed by atoms with Gasteiger partial charge in [0, 0.05) is 29.2 Å². The van der Waals surface area contributed by atoms with Crippen LogP contribution in [-0.2, 0) is 14.5 Å². The second-order valence-electron chi connectivity index (χ2n) is 6.19. The smallest absolute Gasteiger partial charge is 0.241 e. The summed E-state index contributed by atoms with van der Waals surface area (Å²) in [6, 6.07) is 18.1. The van der Waals surface area contributed by atoms with Gasteiger partial charge < -0.3 is 5.32 Å². The maximum absolute atomic E-state index is 12.5. The lowest BCUT2D eigenvalue weighted by molar-refractivity contribution is -0.131. The van der Waals surface area contributed by atoms with E-state index in [0.717, 1.165) is 20.9 Å². The largest absolute Gasteiger partial charge is 0.304 e. The molecule has 2 aromatic carbocycles. The molecule has 0 saturated carbocycles. The van der Waals surface area contributed by atoms with Crippen LogP contribution < -0.4 is 5.32 Å². The van der Waals surface area contributed by atoms with Crippen LogP contribution in [0.2, 0.25) is 0 Å². The second kappa shape index (κ2) is 6.90. The molecule has 1 N–H and O–H groups in total. The van der Waals surface area contributed by atoms with Crippen molar-refractivity contribution in [2.75, 3.05) is 0 Å². The van der Waals surface area contributed by atoms with Gasteiger partial charge in [-0.2, -0.15) is 0 Å². The van der Waals surface area contributed by atoms with Crippen LogP contribution in [0.4, 0.5) is 0 Å². The Bertz CT molecular complexity index is 988. The Morgan fingerprint density at radius 3 is 2.44 bits per heavy atom. The minimum atomic E-state index is -0.823. The van der Waals surface area contributed by atoms with E-state index in [2.05, 4.69) is 16.5 Å². The van der Waals surface area contributed by atoms with Crippen molar-refractivity contribution in [1.82, 2.24) is 10.3 Å². The zero-order valence-electron chi connectivity index (χ0n) is 14.8. The van der Waals surface area contributed by atoms with Crippen molar-refractivity contribution in [2.24, 2.45) is 5.10 Å². The predicted molar refractivity (Wildman–Crippen MR) is 110 cm³/mol. The fourth-order valence-electron chi connectivity index (χ4n) is 3.14. The van der Waals surface area contributed by atoms with Crippen LogP contribution in [0.5, 0.6) is 0 Å². The summed E-state index contributed by atoms with van der Waals surface area (Å²) in [5.41, 5.74) is 2.06. The molecule has 136 valence electrons. The van der Waals surface area contributed by atoms with Gasteiger partial charge in [-0.1, -0.05) is 60.3 Å². The highest BCUT2D eigenvalue weighted by Crippen LogP contribution is 2.56. The number of benzene rings is 2. The van der Waals surface area contributed by atoms with Crippen LogP contribution in [0.3, 0.4) is 0 Å². The van der Waals surface area contributed by atoms with E-state index in [9.17, 15) is 9.59 Å². The summed E-state index contributed by atoms with van der Waals surface area (Å²) in [5, 5.41) is 9.02. The van der Waals surface area contributed by atoms with E-state index in [4.69, 9.17) is 0 Å². The molecule has 7 heteroatoms. The van der Waals surface area contributed by atoms with Crippen LogP contribution in [0.25, 0.3) is 4.91 Å². The van der Waals surface area contributed by atoms with Crippen molar-refractivity contribution >= 4 is 45.4 Å². The Morgan fingerprint density at radius 1 is 1.04 bits per heavy atom. The molecule has 2 amide bonds. The van der Waals surface area contributed by atoms with E-state index < -0.39 is 4.87 Å². The lowest BCUT2D eigenvalue weighted by Crippen LogP contribution is -2.40. The fraction of sp³-hybridized carbons (Fsp3) is 0.150. The number of amides is 2. The number of hydrazone groups is 1. The Kier molecular flexibility index (Phi) is 4.57. The molecule has 0 aliphatic carbocycles. The second-order valence-corrected chi connectivity index (χ2v) is 8.49. The molecule has 0 fully saturated rings. The molecule has 2 aliphatic rings. The van der Waals surface area contributed by atoms with E-state index in [1.54, 1.807) is 11.8 Å². The standard InChI is InChI=1S/C20H17N3O2S2/c1-13(24)21-19-22-23(14(2)25)20(27-19)12-18(15-8-4-3-5-9-15)26-17-11-7-6-10-16(17)20/h3-12H,1-2H3,(H,21,22,24). The van der Waals surface area contributed by atoms with Crippen LogP contribution in [0, 0.1) is 0 Å². The van der Waals surface area contributed by atoms with Crippen molar-refractivity contribution in [3.05, 3.63) is 71.8 Å². The maximum atomic E-state index is 12.5. The van der Waals surface area contributed by atoms with E-state index >= 15 is 0 Å². The van der Waals surface area contributed by atoms with Gasteiger partial charge in [0.1, 0.15) is 0 Å². The molecule has 2 heterocycles. The van der Waals surface area contributed by atoms with Crippen LogP contribution in [0.1, 0.15) is 25.0 Å². The molecule has 2 aliphatic heterocycles. The van der Waals surface area contributed by atoms with Gasteiger partial charge in [0.05, 0.1) is 0 Å². The number of carbonyl (C=O) groups excluding carboxylic acids is 2. The minimum absolute atomic E-state index is 0.187. The normalized spacial score (nSPS) is 20.7. The Balaban J connectivity index is 1.89. The molecule has 1 atom stereocenters. The molecule has 1 spiro atoms. The average molecular weight is 396 g/mol. The average Bonchev–Trinajstić information content (AvgIpc) is 3.00. The molecule has 0 bridgehead atoms. The lowest BCUT2D eigenvalue weighted by Gasteiger charge is -2.37. The Hall–Kier alpha value is -2.51. The molecule has 1 unspecified atom stereocenters. The molecule has 0 aromatic heterocycles. The number of fused-ring (bicyclic) bond motifs is 2. The number of nitrogens with zero attached hydrogens (tertiary/aromatic N) is 2. The number of thioether (sulfide) groups is 2. The number of nitrogens with one attached hydrogen (secondary N) is 1. The molecule has 0 radical (unpaired) electrons. The third-order valence-corrected chi connectivity index (χ3v) is 6.57. The third kappa shape index (κ3) is 3.17. The van der Waals surface area contributed by atoms with Gasteiger partial charge in [0.15, 0.2) is 10.0 Å². The van der Waals surface area contributed by atoms with Gasteiger partial charge >= 0.3 is 0 Å². The Labute approximate surface area is 165 Å². The first kappa shape index (κ1) is 17.9. The summed E-state index contributed by atoms with van der Waals surface area (Å²) in [5.74, 6) is -0.402. The van der Waals surface area contributed by atoms with Gasteiger partial charge in [-0.3, -0.25) is 9.59 Å². The highest BCUT2D eigenvalue weighted by atomic mass is 32.2. The van der Waals surface area contributed by atoms with E-state index in [1.807, 2.05) is 54.6 Å². The number of rotatable bonds is 1. The molecular formula is C20H17N3O2S2. The van der Waals surface area contributed by atoms with Crippen LogP contribution in [-0.4, -0.2) is 22.0 Å². The first-order chi connectivity index (χ1) is 13.0. The summed E-state index contributed by atoms with van der Waals surface area (Å²) < 4.78 is 0. The minimum Gasteiger partial charge on any atom is -0.304 e. The van der Waals surface area contributed by atoms with Crippen LogP contribution >= 0.6 is 23.5 Å². The number of hydrogen-bond donors (Lipinski definition) is 1. The van der Waals surface area contributed by atoms with Crippen molar-refractivity contribution in [3.8, 4) is 0 Å². The Morgan fingerprint density at radius 2 is 1.74 bits per heavy atom. The summed E-state index contributed by atoms with van der Waals surface area (Å²) in [6.45, 7) is 2.92. The highest BCUT2D eigenvalue weighted by Gasteiger charge is 2.49.